The van der Waals surface area contributed by atoms with E-state index in [0.717, 1.165) is 0 Å². The van der Waals surface area contributed by atoms with Gasteiger partial charge in [-0.1, -0.05) is 6.07 Å². The van der Waals surface area contributed by atoms with Crippen molar-refractivity contribution in [3.05, 3.63) is 47.3 Å². The lowest BCUT2D eigenvalue weighted by Crippen LogP contribution is -2.43. The van der Waals surface area contributed by atoms with E-state index >= 15 is 0 Å². The van der Waals surface area contributed by atoms with Gasteiger partial charge >= 0.3 is 12.1 Å². The molecule has 2 aliphatic rings. The summed E-state index contributed by atoms with van der Waals surface area (Å²) < 4.78 is 131. The Kier molecular flexibility index (Phi) is 8.74. The summed E-state index contributed by atoms with van der Waals surface area (Å²) in [7, 11) is -4.37. The van der Waals surface area contributed by atoms with Gasteiger partial charge in [0.2, 0.25) is 11.8 Å². The lowest BCUT2D eigenvalue weighted by atomic mass is 9.89. The minimum atomic E-state index is -5.06. The second-order valence-electron chi connectivity index (χ2n) is 10.9. The number of alkyl halides is 7. The number of aromatic carboxylic acids is 1. The van der Waals surface area contributed by atoms with E-state index in [2.05, 4.69) is 4.98 Å². The number of rotatable bonds is 8. The average molecular weight is 627 g/mol. The van der Waals surface area contributed by atoms with Crippen LogP contribution in [0.25, 0.3) is 0 Å². The van der Waals surface area contributed by atoms with E-state index in [1.807, 2.05) is 0 Å². The largest absolute Gasteiger partial charge is 0.488 e. The van der Waals surface area contributed by atoms with E-state index in [1.165, 1.54) is 23.2 Å². The first-order chi connectivity index (χ1) is 19.4. The van der Waals surface area contributed by atoms with Crippen LogP contribution in [0.15, 0.2) is 35.4 Å². The monoisotopic (exact) mass is 626 g/mol. The molecular formula is C27H29F7N2O5S. The molecule has 1 aliphatic carbocycles. The number of hydrogen-bond acceptors (Lipinski definition) is 6. The molecule has 4 rings (SSSR count). The zero-order valence-electron chi connectivity index (χ0n) is 22.4. The molecule has 42 heavy (non-hydrogen) atoms. The minimum Gasteiger partial charge on any atom is -0.488 e. The summed E-state index contributed by atoms with van der Waals surface area (Å²) in [6.45, 7) is -0.230. The maximum atomic E-state index is 14.3. The van der Waals surface area contributed by atoms with Crippen molar-refractivity contribution in [3.63, 3.8) is 0 Å². The molecule has 2 aromatic rings. The van der Waals surface area contributed by atoms with Crippen LogP contribution in [0.4, 0.5) is 36.4 Å². The van der Waals surface area contributed by atoms with Crippen LogP contribution < -0.4 is 9.64 Å². The topological polar surface area (TPSA) is 96.8 Å². The van der Waals surface area contributed by atoms with Crippen molar-refractivity contribution >= 4 is 21.5 Å². The number of ether oxygens (including phenoxy) is 1. The van der Waals surface area contributed by atoms with Gasteiger partial charge in [0.15, 0.2) is 15.5 Å². The summed E-state index contributed by atoms with van der Waals surface area (Å²) in [5.74, 6) is -10.00. The van der Waals surface area contributed by atoms with Gasteiger partial charge in [0.25, 0.3) is 0 Å². The van der Waals surface area contributed by atoms with Gasteiger partial charge in [-0.2, -0.15) is 13.2 Å². The highest BCUT2D eigenvalue weighted by Crippen LogP contribution is 2.46. The molecule has 0 radical (unpaired) electrons. The van der Waals surface area contributed by atoms with Crippen LogP contribution in [0.2, 0.25) is 0 Å². The van der Waals surface area contributed by atoms with Crippen molar-refractivity contribution in [3.8, 4) is 5.75 Å². The number of sulfone groups is 1. The van der Waals surface area contributed by atoms with Crippen LogP contribution in [0, 0.1) is 5.92 Å². The third-order valence-electron chi connectivity index (χ3n) is 7.52. The number of carbonyl (C=O) groups is 1. The van der Waals surface area contributed by atoms with Crippen molar-refractivity contribution in [1.82, 2.24) is 4.98 Å². The summed E-state index contributed by atoms with van der Waals surface area (Å²) in [5.41, 5.74) is -2.25. The molecular weight excluding hydrogens is 597 g/mol. The molecule has 0 amide bonds. The zero-order valence-corrected chi connectivity index (χ0v) is 23.3. The van der Waals surface area contributed by atoms with Crippen LogP contribution in [-0.4, -0.2) is 54.7 Å². The third-order valence-corrected chi connectivity index (χ3v) is 9.42. The number of nitrogens with zero attached hydrogens (tertiary/aromatic N) is 2. The van der Waals surface area contributed by atoms with Crippen LogP contribution >= 0.6 is 0 Å². The summed E-state index contributed by atoms with van der Waals surface area (Å²) >= 11 is 0. The van der Waals surface area contributed by atoms with Gasteiger partial charge in [-0.25, -0.2) is 35.8 Å². The molecule has 0 bridgehead atoms. The summed E-state index contributed by atoms with van der Waals surface area (Å²) in [6, 6.07) is 3.17. The molecule has 1 aromatic heterocycles. The van der Waals surface area contributed by atoms with Gasteiger partial charge in [-0.15, -0.1) is 0 Å². The Labute approximate surface area is 237 Å². The predicted octanol–water partition coefficient (Wildman–Crippen LogP) is 6.60. The van der Waals surface area contributed by atoms with E-state index in [1.54, 1.807) is 0 Å². The van der Waals surface area contributed by atoms with E-state index in [4.69, 9.17) is 4.74 Å². The fourth-order valence-corrected chi connectivity index (χ4v) is 7.26. The first-order valence-electron chi connectivity index (χ1n) is 13.2. The molecule has 7 nitrogen and oxygen atoms in total. The van der Waals surface area contributed by atoms with Crippen molar-refractivity contribution in [2.75, 3.05) is 17.2 Å². The number of benzene rings is 1. The van der Waals surface area contributed by atoms with Crippen LogP contribution in [0.5, 0.6) is 5.75 Å². The maximum absolute atomic E-state index is 14.3. The Bertz CT molecular complexity index is 1420. The van der Waals surface area contributed by atoms with E-state index in [9.17, 15) is 49.1 Å². The molecule has 1 atom stereocenters. The standard InChI is InChI=1S/C27H29F7N2O5S/c1-25(28,29)7-4-16-13-36(18-5-8-26(30,31)9-6-18)20-11-19(27(32,33)34)21(12-22(20)42(39,40)15-16)41-14-17-3-2-10-35-23(17)24(37)38/h2-3,10-12,16,18H,4-9,13-15H2,1H3,(H,37,38)/t16-/m1/s1. The number of fused-ring (bicyclic) bond motifs is 1. The summed E-state index contributed by atoms with van der Waals surface area (Å²) in [4.78, 5) is 15.9. The molecule has 1 fully saturated rings. The van der Waals surface area contributed by atoms with Gasteiger partial charge in [-0.3, -0.25) is 0 Å². The molecule has 1 saturated carbocycles. The first-order valence-corrected chi connectivity index (χ1v) is 14.8. The van der Waals surface area contributed by atoms with E-state index < -0.39 is 99.3 Å². The molecule has 1 aromatic carbocycles. The molecule has 1 N–H and O–H groups in total. The van der Waals surface area contributed by atoms with Crippen molar-refractivity contribution < 1.29 is 53.8 Å². The lowest BCUT2D eigenvalue weighted by Gasteiger charge is -2.39. The normalized spacial score (nSPS) is 21.0. The van der Waals surface area contributed by atoms with Gasteiger partial charge in [-0.05, 0) is 44.2 Å². The number of carboxylic acids is 1. The fourth-order valence-electron chi connectivity index (χ4n) is 5.41. The first kappa shape index (κ1) is 31.8. The highest BCUT2D eigenvalue weighted by Gasteiger charge is 2.43. The molecule has 0 spiro atoms. The number of hydrogen-bond donors (Lipinski definition) is 1. The predicted molar refractivity (Wildman–Crippen MR) is 137 cm³/mol. The average Bonchev–Trinajstić information content (AvgIpc) is 2.98. The van der Waals surface area contributed by atoms with Gasteiger partial charge in [0, 0.05) is 49.7 Å². The highest BCUT2D eigenvalue weighted by molar-refractivity contribution is 7.91. The van der Waals surface area contributed by atoms with E-state index in [-0.39, 0.29) is 37.1 Å². The molecule has 0 saturated heterocycles. The summed E-state index contributed by atoms with van der Waals surface area (Å²) in [6.07, 6.45) is -6.20. The Balaban J connectivity index is 1.80. The second-order valence-corrected chi connectivity index (χ2v) is 12.9. The fraction of sp³-hybridized carbons (Fsp3) is 0.556. The SMILES string of the molecule is CC(F)(F)CC[C@@H]1CN(C2CCC(F)(F)CC2)c2cc(C(F)(F)F)c(OCc3cccnc3C(=O)O)cc2S(=O)(=O)C1. The van der Waals surface area contributed by atoms with E-state index in [0.29, 0.717) is 19.1 Å². The smallest absolute Gasteiger partial charge is 0.420 e. The number of carboxylic acid groups (broad SMARTS) is 1. The lowest BCUT2D eigenvalue weighted by molar-refractivity contribution is -0.139. The Morgan fingerprint density at radius 3 is 2.43 bits per heavy atom. The van der Waals surface area contributed by atoms with Gasteiger partial charge in [0.05, 0.1) is 21.9 Å². The maximum Gasteiger partial charge on any atom is 0.420 e. The number of pyridine rings is 1. The van der Waals surface area contributed by atoms with Gasteiger partial charge < -0.3 is 14.7 Å². The molecule has 0 unspecified atom stereocenters. The Morgan fingerprint density at radius 1 is 1.17 bits per heavy atom. The quantitative estimate of drug-likeness (QED) is 0.330. The molecule has 1 aliphatic heterocycles. The number of aromatic nitrogens is 1. The second kappa shape index (κ2) is 11.5. The zero-order chi connectivity index (χ0) is 31.1. The van der Waals surface area contributed by atoms with Crippen molar-refractivity contribution in [2.45, 2.75) is 81.0 Å². The van der Waals surface area contributed by atoms with Crippen LogP contribution in [0.3, 0.4) is 0 Å². The van der Waals surface area contributed by atoms with Crippen molar-refractivity contribution in [2.24, 2.45) is 5.92 Å². The highest BCUT2D eigenvalue weighted by atomic mass is 32.2. The molecule has 15 heteroatoms. The van der Waals surface area contributed by atoms with Gasteiger partial charge in [0.1, 0.15) is 12.4 Å². The Hall–Kier alpha value is -3.10. The Morgan fingerprint density at radius 2 is 1.83 bits per heavy atom. The van der Waals surface area contributed by atoms with Crippen molar-refractivity contribution in [1.29, 1.82) is 0 Å². The third kappa shape index (κ3) is 7.45. The number of anilines is 1. The summed E-state index contributed by atoms with van der Waals surface area (Å²) in [5, 5.41) is 9.33. The number of halogens is 7. The molecule has 2 heterocycles. The van der Waals surface area contributed by atoms with Crippen LogP contribution in [0.1, 0.15) is 67.1 Å². The van der Waals surface area contributed by atoms with Crippen LogP contribution in [-0.2, 0) is 22.6 Å². The minimum absolute atomic E-state index is 0.0683. The molecule has 232 valence electrons.